The second-order valence-corrected chi connectivity index (χ2v) is 4.38. The van der Waals surface area contributed by atoms with Gasteiger partial charge in [0.15, 0.2) is 0 Å². The summed E-state index contributed by atoms with van der Waals surface area (Å²) in [7, 11) is 0. The molecule has 0 saturated heterocycles. The molecular formula is C9H6Br2N2O. The second-order valence-electron chi connectivity index (χ2n) is 2.84. The normalized spacial score (nSPS) is 10.5. The van der Waals surface area contributed by atoms with E-state index in [1.807, 2.05) is 25.1 Å². The Morgan fingerprint density at radius 2 is 2.00 bits per heavy atom. The maximum Gasteiger partial charge on any atom is 0.285 e. The number of nitrogens with zero attached hydrogens (tertiary/aromatic N) is 2. The van der Waals surface area contributed by atoms with Crippen LogP contribution in [0.4, 0.5) is 0 Å². The highest BCUT2D eigenvalue weighted by Gasteiger charge is 2.10. The molecule has 5 heteroatoms. The van der Waals surface area contributed by atoms with Gasteiger partial charge in [0.1, 0.15) is 0 Å². The minimum Gasteiger partial charge on any atom is -0.411 e. The number of aryl methyl sites for hydroxylation is 1. The fraction of sp³-hybridized carbons (Fsp3) is 0.111. The Bertz CT molecular complexity index is 468. The molecule has 2 rings (SSSR count). The van der Waals surface area contributed by atoms with E-state index in [1.165, 1.54) is 0 Å². The standard InChI is InChI=1S/C9H6Br2N2O/c1-5-2-3-7(10)6(4-5)8-12-13-9(11)14-8/h2-4H,1H3. The molecule has 1 heterocycles. The first-order chi connectivity index (χ1) is 6.66. The number of halogens is 2. The molecule has 0 atom stereocenters. The molecule has 0 spiro atoms. The molecule has 0 bridgehead atoms. The largest absolute Gasteiger partial charge is 0.411 e. The third-order valence-electron chi connectivity index (χ3n) is 1.75. The Hall–Kier alpha value is -0.680. The third kappa shape index (κ3) is 1.88. The monoisotopic (exact) mass is 316 g/mol. The molecule has 0 N–H and O–H groups in total. The molecule has 0 amide bonds. The summed E-state index contributed by atoms with van der Waals surface area (Å²) < 4.78 is 6.21. The number of benzene rings is 1. The summed E-state index contributed by atoms with van der Waals surface area (Å²) in [4.78, 5) is 0.390. The molecule has 3 nitrogen and oxygen atoms in total. The summed E-state index contributed by atoms with van der Waals surface area (Å²) in [6.07, 6.45) is 0. The van der Waals surface area contributed by atoms with Gasteiger partial charge in [-0.2, -0.15) is 0 Å². The van der Waals surface area contributed by atoms with Gasteiger partial charge in [0, 0.05) is 20.4 Å². The van der Waals surface area contributed by atoms with Crippen LogP contribution < -0.4 is 0 Å². The van der Waals surface area contributed by atoms with Crippen LogP contribution in [-0.2, 0) is 0 Å². The Morgan fingerprint density at radius 3 is 2.64 bits per heavy atom. The Balaban J connectivity index is 2.55. The van der Waals surface area contributed by atoms with E-state index in [0.29, 0.717) is 10.7 Å². The minimum atomic E-state index is 0.390. The van der Waals surface area contributed by atoms with E-state index < -0.39 is 0 Å². The summed E-state index contributed by atoms with van der Waals surface area (Å²) in [6.45, 7) is 2.02. The zero-order valence-corrected chi connectivity index (χ0v) is 10.5. The fourth-order valence-corrected chi connectivity index (χ4v) is 1.77. The van der Waals surface area contributed by atoms with Crippen LogP contribution in [0.1, 0.15) is 5.56 Å². The molecule has 72 valence electrons. The van der Waals surface area contributed by atoms with E-state index in [0.717, 1.165) is 15.6 Å². The molecule has 0 aliphatic carbocycles. The molecule has 2 aromatic rings. The lowest BCUT2D eigenvalue weighted by Crippen LogP contribution is -1.81. The van der Waals surface area contributed by atoms with Crippen molar-refractivity contribution in [1.29, 1.82) is 0 Å². The van der Waals surface area contributed by atoms with E-state index in [2.05, 4.69) is 42.1 Å². The molecule has 14 heavy (non-hydrogen) atoms. The van der Waals surface area contributed by atoms with Gasteiger partial charge in [-0.1, -0.05) is 11.6 Å². The van der Waals surface area contributed by atoms with Crippen LogP contribution >= 0.6 is 31.9 Å². The number of aromatic nitrogens is 2. The van der Waals surface area contributed by atoms with Crippen LogP contribution in [-0.4, -0.2) is 10.2 Å². The number of rotatable bonds is 1. The molecular weight excluding hydrogens is 312 g/mol. The molecule has 1 aromatic heterocycles. The van der Waals surface area contributed by atoms with E-state index >= 15 is 0 Å². The van der Waals surface area contributed by atoms with Crippen LogP contribution in [0, 0.1) is 6.92 Å². The SMILES string of the molecule is Cc1ccc(Br)c(-c2nnc(Br)o2)c1. The first-order valence-corrected chi connectivity index (χ1v) is 5.51. The van der Waals surface area contributed by atoms with Crippen molar-refractivity contribution in [3.63, 3.8) is 0 Å². The molecule has 0 aliphatic rings. The molecule has 0 aliphatic heterocycles. The maximum absolute atomic E-state index is 5.27. The maximum atomic E-state index is 5.27. The van der Waals surface area contributed by atoms with Gasteiger partial charge in [0.2, 0.25) is 5.89 Å². The van der Waals surface area contributed by atoms with Crippen LogP contribution in [0.15, 0.2) is 31.9 Å². The lowest BCUT2D eigenvalue weighted by Gasteiger charge is -1.99. The van der Waals surface area contributed by atoms with Gasteiger partial charge in [0.05, 0.1) is 5.56 Å². The first-order valence-electron chi connectivity index (χ1n) is 3.92. The van der Waals surface area contributed by atoms with Crippen molar-refractivity contribution in [2.24, 2.45) is 0 Å². The number of hydrogen-bond donors (Lipinski definition) is 0. The van der Waals surface area contributed by atoms with Gasteiger partial charge < -0.3 is 4.42 Å². The summed E-state index contributed by atoms with van der Waals surface area (Å²) in [6, 6.07) is 5.96. The lowest BCUT2D eigenvalue weighted by molar-refractivity contribution is 0.540. The minimum absolute atomic E-state index is 0.390. The van der Waals surface area contributed by atoms with E-state index in [4.69, 9.17) is 4.42 Å². The van der Waals surface area contributed by atoms with Crippen molar-refractivity contribution in [1.82, 2.24) is 10.2 Å². The van der Waals surface area contributed by atoms with Crippen molar-refractivity contribution in [2.45, 2.75) is 6.92 Å². The smallest absolute Gasteiger partial charge is 0.285 e. The summed E-state index contributed by atoms with van der Waals surface area (Å²) in [5, 5.41) is 7.64. The van der Waals surface area contributed by atoms with Crippen molar-refractivity contribution in [3.8, 4) is 11.5 Å². The second kappa shape index (κ2) is 3.82. The molecule has 1 aromatic carbocycles. The third-order valence-corrected chi connectivity index (χ3v) is 2.76. The van der Waals surface area contributed by atoms with E-state index in [1.54, 1.807) is 0 Å². The fourth-order valence-electron chi connectivity index (χ4n) is 1.12. The van der Waals surface area contributed by atoms with Gasteiger partial charge in [-0.25, -0.2) is 0 Å². The quantitative estimate of drug-likeness (QED) is 0.807. The van der Waals surface area contributed by atoms with Gasteiger partial charge in [-0.3, -0.25) is 0 Å². The number of hydrogen-bond acceptors (Lipinski definition) is 3. The van der Waals surface area contributed by atoms with Crippen molar-refractivity contribution in [3.05, 3.63) is 33.0 Å². The van der Waals surface area contributed by atoms with Crippen molar-refractivity contribution >= 4 is 31.9 Å². The molecule has 0 radical (unpaired) electrons. The molecule has 0 saturated carbocycles. The topological polar surface area (TPSA) is 38.9 Å². The Kier molecular flexibility index (Phi) is 2.69. The van der Waals surface area contributed by atoms with Crippen LogP contribution in [0.25, 0.3) is 11.5 Å². The average molecular weight is 318 g/mol. The van der Waals surface area contributed by atoms with Crippen LogP contribution in [0.5, 0.6) is 0 Å². The van der Waals surface area contributed by atoms with Gasteiger partial charge >= 0.3 is 0 Å². The summed E-state index contributed by atoms with van der Waals surface area (Å²) in [5.74, 6) is 0.507. The van der Waals surface area contributed by atoms with Crippen LogP contribution in [0.2, 0.25) is 0 Å². The van der Waals surface area contributed by atoms with Gasteiger partial charge in [-0.05, 0) is 35.0 Å². The molecule has 0 unspecified atom stereocenters. The molecule has 0 fully saturated rings. The highest BCUT2D eigenvalue weighted by molar-refractivity contribution is 9.10. The summed E-state index contributed by atoms with van der Waals surface area (Å²) >= 11 is 6.55. The average Bonchev–Trinajstić information content (AvgIpc) is 2.56. The zero-order valence-electron chi connectivity index (χ0n) is 7.29. The zero-order chi connectivity index (χ0) is 10.1. The first kappa shape index (κ1) is 9.86. The summed E-state index contributed by atoms with van der Waals surface area (Å²) in [5.41, 5.74) is 2.06. The predicted octanol–water partition coefficient (Wildman–Crippen LogP) is 3.57. The van der Waals surface area contributed by atoms with E-state index in [9.17, 15) is 0 Å². The van der Waals surface area contributed by atoms with Gasteiger partial charge in [0.25, 0.3) is 4.80 Å². The van der Waals surface area contributed by atoms with Crippen molar-refractivity contribution in [2.75, 3.05) is 0 Å². The van der Waals surface area contributed by atoms with E-state index in [-0.39, 0.29) is 0 Å². The highest BCUT2D eigenvalue weighted by atomic mass is 79.9. The lowest BCUT2D eigenvalue weighted by atomic mass is 10.1. The van der Waals surface area contributed by atoms with Crippen molar-refractivity contribution < 1.29 is 4.42 Å². The van der Waals surface area contributed by atoms with Crippen LogP contribution in [0.3, 0.4) is 0 Å². The predicted molar refractivity (Wildman–Crippen MR) is 59.9 cm³/mol. The van der Waals surface area contributed by atoms with Gasteiger partial charge in [-0.15, -0.1) is 10.2 Å². The Morgan fingerprint density at radius 1 is 1.21 bits per heavy atom. The Labute approximate surface area is 97.8 Å². The highest BCUT2D eigenvalue weighted by Crippen LogP contribution is 2.28.